The molecule has 0 radical (unpaired) electrons. The Kier molecular flexibility index (Phi) is 13.8. The lowest BCUT2D eigenvalue weighted by Crippen LogP contribution is -2.59. The molecule has 0 bridgehead atoms. The van der Waals surface area contributed by atoms with Crippen LogP contribution in [0.15, 0.2) is 23.8 Å². The van der Waals surface area contributed by atoms with Gasteiger partial charge in [0, 0.05) is 42.6 Å². The van der Waals surface area contributed by atoms with Gasteiger partial charge in [-0.05, 0) is 59.7 Å². The van der Waals surface area contributed by atoms with Crippen molar-refractivity contribution in [3.05, 3.63) is 23.8 Å². The number of hydrogen-bond donors (Lipinski definition) is 3. The van der Waals surface area contributed by atoms with Crippen LogP contribution in [0.3, 0.4) is 0 Å². The number of carbonyl (C=O) groups is 3. The van der Waals surface area contributed by atoms with E-state index in [4.69, 9.17) is 14.2 Å². The molecule has 41 heavy (non-hydrogen) atoms. The summed E-state index contributed by atoms with van der Waals surface area (Å²) in [6.07, 6.45) is 3.63. The van der Waals surface area contributed by atoms with Crippen LogP contribution in [0.1, 0.15) is 73.1 Å². The molecule has 1 unspecified atom stereocenters. The predicted octanol–water partition coefficient (Wildman–Crippen LogP) is 2.78. The summed E-state index contributed by atoms with van der Waals surface area (Å²) in [5.74, 6) is -5.21. The zero-order valence-electron chi connectivity index (χ0n) is 25.7. The molecule has 10 heteroatoms. The summed E-state index contributed by atoms with van der Waals surface area (Å²) in [5.41, 5.74) is 0.733. The summed E-state index contributed by atoms with van der Waals surface area (Å²) in [6, 6.07) is -0.291. The van der Waals surface area contributed by atoms with Gasteiger partial charge in [-0.2, -0.15) is 0 Å². The molecule has 1 fully saturated rings. The Morgan fingerprint density at radius 1 is 1.17 bits per heavy atom. The number of hydrogen-bond acceptors (Lipinski definition) is 10. The fourth-order valence-electron chi connectivity index (χ4n) is 5.82. The van der Waals surface area contributed by atoms with Crippen molar-refractivity contribution >= 4 is 18.0 Å². The minimum atomic E-state index is -2.01. The van der Waals surface area contributed by atoms with Crippen LogP contribution in [-0.4, -0.2) is 95.4 Å². The fraction of sp³-hybridized carbons (Fsp3) is 0.774. The van der Waals surface area contributed by atoms with Gasteiger partial charge in [0.25, 0.3) is 0 Å². The van der Waals surface area contributed by atoms with Gasteiger partial charge in [0.15, 0.2) is 17.9 Å². The van der Waals surface area contributed by atoms with Crippen LogP contribution in [0.2, 0.25) is 0 Å². The van der Waals surface area contributed by atoms with Crippen molar-refractivity contribution in [2.24, 2.45) is 23.7 Å². The molecule has 3 N–H and O–H groups in total. The standard InChI is InChI=1S/C31H51NO9/c1-8-27-23(18-34)15-19(2)9-11-26(35)20(3)16-24(13-14-33)31(38,21(4)10-12-28(36)40-27)41-30-29(37)25(32(6)7)17-22(5)39-30/h9,11,14-15,20-25,27,29-30,34,37-38H,8,10,12-13,16-18H2,1-7H3/b11-9+,19-15+/t20-,21+,22-,23-,24?,25+,27-,29-,30+,31-/m1/s1. The number of cyclic esters (lactones) is 1. The number of aldehydes is 1. The van der Waals surface area contributed by atoms with Crippen molar-refractivity contribution in [1.29, 1.82) is 0 Å². The maximum atomic E-state index is 13.1. The van der Waals surface area contributed by atoms with E-state index in [1.54, 1.807) is 32.9 Å². The average molecular weight is 582 g/mol. The third-order valence-corrected chi connectivity index (χ3v) is 8.52. The predicted molar refractivity (Wildman–Crippen MR) is 153 cm³/mol. The van der Waals surface area contributed by atoms with Crippen LogP contribution < -0.4 is 0 Å². The Balaban J connectivity index is 2.51. The second-order valence-electron chi connectivity index (χ2n) is 12.0. The molecular weight excluding hydrogens is 530 g/mol. The van der Waals surface area contributed by atoms with Crippen molar-refractivity contribution in [2.75, 3.05) is 20.7 Å². The molecule has 0 aromatic heterocycles. The summed E-state index contributed by atoms with van der Waals surface area (Å²) >= 11 is 0. The van der Waals surface area contributed by atoms with E-state index < -0.39 is 53.9 Å². The highest BCUT2D eigenvalue weighted by molar-refractivity contribution is 5.91. The first kappa shape index (κ1) is 35.2. The first-order chi connectivity index (χ1) is 19.3. The van der Waals surface area contributed by atoms with Gasteiger partial charge in [0.05, 0.1) is 12.7 Å². The number of aliphatic hydroxyl groups is 3. The molecule has 0 aliphatic carbocycles. The summed E-state index contributed by atoms with van der Waals surface area (Å²) in [4.78, 5) is 39.7. The number of carbonyl (C=O) groups excluding carboxylic acids is 3. The summed E-state index contributed by atoms with van der Waals surface area (Å²) in [5, 5.41) is 33.3. The first-order valence-corrected chi connectivity index (χ1v) is 14.8. The van der Waals surface area contributed by atoms with Gasteiger partial charge in [-0.3, -0.25) is 9.59 Å². The van der Waals surface area contributed by atoms with Gasteiger partial charge in [0.1, 0.15) is 18.5 Å². The Labute approximate surface area is 244 Å². The molecule has 0 saturated carbocycles. The van der Waals surface area contributed by atoms with Crippen molar-refractivity contribution in [3.63, 3.8) is 0 Å². The quantitative estimate of drug-likeness (QED) is 0.233. The van der Waals surface area contributed by atoms with E-state index in [2.05, 4.69) is 0 Å². The maximum Gasteiger partial charge on any atom is 0.306 e. The lowest BCUT2D eigenvalue weighted by molar-refractivity contribution is -0.369. The normalized spacial score (nSPS) is 40.5. The largest absolute Gasteiger partial charge is 0.462 e. The molecule has 2 aliphatic heterocycles. The van der Waals surface area contributed by atoms with Crippen molar-refractivity contribution < 1.29 is 43.9 Å². The van der Waals surface area contributed by atoms with E-state index in [9.17, 15) is 29.7 Å². The molecule has 10 nitrogen and oxygen atoms in total. The minimum Gasteiger partial charge on any atom is -0.462 e. The molecule has 0 aromatic rings. The van der Waals surface area contributed by atoms with E-state index in [1.807, 2.05) is 32.8 Å². The summed E-state index contributed by atoms with van der Waals surface area (Å²) in [7, 11) is 3.69. The molecule has 1 saturated heterocycles. The molecule has 10 atom stereocenters. The molecule has 0 spiro atoms. The van der Waals surface area contributed by atoms with Crippen LogP contribution in [-0.2, 0) is 28.6 Å². The molecule has 2 aliphatic rings. The van der Waals surface area contributed by atoms with Gasteiger partial charge < -0.3 is 39.2 Å². The van der Waals surface area contributed by atoms with Crippen LogP contribution in [0.4, 0.5) is 0 Å². The van der Waals surface area contributed by atoms with Crippen LogP contribution in [0, 0.1) is 23.7 Å². The van der Waals surface area contributed by atoms with E-state index in [0.29, 0.717) is 19.1 Å². The maximum absolute atomic E-state index is 13.1. The Morgan fingerprint density at radius 3 is 2.44 bits per heavy atom. The highest BCUT2D eigenvalue weighted by atomic mass is 16.8. The van der Waals surface area contributed by atoms with Crippen molar-refractivity contribution in [3.8, 4) is 0 Å². The highest BCUT2D eigenvalue weighted by Crippen LogP contribution is 2.40. The number of ether oxygens (including phenoxy) is 3. The van der Waals surface area contributed by atoms with Gasteiger partial charge >= 0.3 is 5.97 Å². The Bertz CT molecular complexity index is 935. The molecule has 234 valence electrons. The SMILES string of the molecule is CC[C@H]1OC(=O)CC[C@H](C)[C@@](O)(O[C@@H]2O[C@H](C)C[C@H](N(C)C)[C@H]2O)C(CC=O)C[C@@H](C)C(=O)/C=C/C(C)=C/[C@@H]1CO. The highest BCUT2D eigenvalue weighted by Gasteiger charge is 2.49. The molecule has 0 amide bonds. The lowest BCUT2D eigenvalue weighted by Gasteiger charge is -2.47. The molecular formula is C31H51NO9. The molecule has 0 aromatic carbocycles. The number of ketones is 1. The summed E-state index contributed by atoms with van der Waals surface area (Å²) in [6.45, 7) is 8.74. The van der Waals surface area contributed by atoms with Gasteiger partial charge in [-0.25, -0.2) is 0 Å². The number of esters is 1. The van der Waals surface area contributed by atoms with Crippen LogP contribution in [0.5, 0.6) is 0 Å². The van der Waals surface area contributed by atoms with Gasteiger partial charge in [-0.1, -0.05) is 38.5 Å². The third kappa shape index (κ3) is 9.53. The number of rotatable bonds is 7. The Hall–Kier alpha value is -1.95. The van der Waals surface area contributed by atoms with Gasteiger partial charge in [-0.15, -0.1) is 0 Å². The van der Waals surface area contributed by atoms with E-state index in [-0.39, 0.29) is 50.2 Å². The molecule has 2 rings (SSSR count). The first-order valence-electron chi connectivity index (χ1n) is 14.8. The number of likely N-dealkylation sites (N-methyl/N-ethyl adjacent to an activating group) is 1. The Morgan fingerprint density at radius 2 is 1.85 bits per heavy atom. The second kappa shape index (κ2) is 16.0. The number of allylic oxidation sites excluding steroid dienone is 3. The zero-order chi connectivity index (χ0) is 30.9. The monoisotopic (exact) mass is 581 g/mol. The zero-order valence-corrected chi connectivity index (χ0v) is 25.7. The van der Waals surface area contributed by atoms with Gasteiger partial charge in [0.2, 0.25) is 0 Å². The fourth-order valence-corrected chi connectivity index (χ4v) is 5.82. The average Bonchev–Trinajstić information content (AvgIpc) is 2.92. The smallest absolute Gasteiger partial charge is 0.306 e. The number of aliphatic hydroxyl groups excluding tert-OH is 2. The summed E-state index contributed by atoms with van der Waals surface area (Å²) < 4.78 is 17.9. The topological polar surface area (TPSA) is 143 Å². The van der Waals surface area contributed by atoms with E-state index in [1.165, 1.54) is 6.08 Å². The number of nitrogens with zero attached hydrogens (tertiary/aromatic N) is 1. The minimum absolute atomic E-state index is 0.0445. The van der Waals surface area contributed by atoms with Crippen molar-refractivity contribution in [1.82, 2.24) is 4.90 Å². The van der Waals surface area contributed by atoms with Crippen molar-refractivity contribution in [2.45, 2.75) is 110 Å². The second-order valence-corrected chi connectivity index (χ2v) is 12.0. The van der Waals surface area contributed by atoms with E-state index >= 15 is 0 Å². The van der Waals surface area contributed by atoms with Crippen LogP contribution in [0.25, 0.3) is 0 Å². The lowest BCUT2D eigenvalue weighted by atomic mass is 9.77. The third-order valence-electron chi connectivity index (χ3n) is 8.52. The van der Waals surface area contributed by atoms with E-state index in [0.717, 1.165) is 5.57 Å². The van der Waals surface area contributed by atoms with Crippen LogP contribution >= 0.6 is 0 Å². The molecule has 2 heterocycles.